The predicted molar refractivity (Wildman–Crippen MR) is 132 cm³/mol. The Morgan fingerprint density at radius 2 is 1.69 bits per heavy atom. The lowest BCUT2D eigenvalue weighted by Gasteiger charge is -2.40. The topological polar surface area (TPSA) is 99.2 Å². The van der Waals surface area contributed by atoms with Crippen molar-refractivity contribution < 1.29 is 24.2 Å². The van der Waals surface area contributed by atoms with Gasteiger partial charge in [-0.25, -0.2) is 4.79 Å². The van der Waals surface area contributed by atoms with Crippen LogP contribution in [0.4, 0.5) is 4.79 Å². The number of nitrogens with zero attached hydrogens (tertiary/aromatic N) is 2. The van der Waals surface area contributed by atoms with Crippen molar-refractivity contribution >= 4 is 18.0 Å². The van der Waals surface area contributed by atoms with Crippen LogP contribution in [0, 0.1) is 0 Å². The van der Waals surface area contributed by atoms with Crippen molar-refractivity contribution in [1.29, 1.82) is 0 Å². The molecule has 2 aromatic carbocycles. The fourth-order valence-corrected chi connectivity index (χ4v) is 5.19. The highest BCUT2D eigenvalue weighted by molar-refractivity contribution is 5.86. The van der Waals surface area contributed by atoms with Crippen molar-refractivity contribution in [2.75, 3.05) is 32.8 Å². The molecule has 0 aromatic heterocycles. The summed E-state index contributed by atoms with van der Waals surface area (Å²) >= 11 is 0. The van der Waals surface area contributed by atoms with Gasteiger partial charge in [0.2, 0.25) is 5.91 Å². The van der Waals surface area contributed by atoms with Crippen molar-refractivity contribution in [2.45, 2.75) is 44.7 Å². The number of carbonyl (C=O) groups excluding carboxylic acids is 2. The van der Waals surface area contributed by atoms with Gasteiger partial charge in [0.25, 0.3) is 0 Å². The van der Waals surface area contributed by atoms with Crippen LogP contribution in [-0.4, -0.2) is 77.7 Å². The smallest absolute Gasteiger partial charge is 0.407 e. The van der Waals surface area contributed by atoms with Gasteiger partial charge in [-0.1, -0.05) is 55.5 Å². The third kappa shape index (κ3) is 5.48. The number of rotatable bonds is 8. The normalized spacial score (nSPS) is 18.5. The zero-order valence-electron chi connectivity index (χ0n) is 20.3. The van der Waals surface area contributed by atoms with E-state index in [9.17, 15) is 14.4 Å². The molecule has 2 aromatic rings. The molecule has 186 valence electrons. The van der Waals surface area contributed by atoms with E-state index in [2.05, 4.69) is 36.2 Å². The number of hydrogen-bond acceptors (Lipinski definition) is 5. The van der Waals surface area contributed by atoms with Gasteiger partial charge in [-0.15, -0.1) is 0 Å². The van der Waals surface area contributed by atoms with E-state index < -0.39 is 18.1 Å². The Kier molecular flexibility index (Phi) is 7.70. The summed E-state index contributed by atoms with van der Waals surface area (Å²) in [6, 6.07) is 15.4. The van der Waals surface area contributed by atoms with Gasteiger partial charge in [0.05, 0.1) is 0 Å². The molecule has 2 atom stereocenters. The van der Waals surface area contributed by atoms with Crippen LogP contribution in [0.1, 0.15) is 43.7 Å². The van der Waals surface area contributed by atoms with E-state index in [4.69, 9.17) is 9.84 Å². The highest BCUT2D eigenvalue weighted by Crippen LogP contribution is 2.44. The molecule has 0 saturated carbocycles. The van der Waals surface area contributed by atoms with E-state index in [1.165, 1.54) is 0 Å². The first-order chi connectivity index (χ1) is 16.9. The number of aliphatic carboxylic acids is 1. The third-order valence-electron chi connectivity index (χ3n) is 7.06. The minimum Gasteiger partial charge on any atom is -0.481 e. The van der Waals surface area contributed by atoms with E-state index in [1.807, 2.05) is 36.4 Å². The first-order valence-corrected chi connectivity index (χ1v) is 12.2. The van der Waals surface area contributed by atoms with Crippen LogP contribution in [-0.2, 0) is 14.3 Å². The Labute approximate surface area is 205 Å². The van der Waals surface area contributed by atoms with Crippen LogP contribution in [0.15, 0.2) is 48.5 Å². The molecule has 4 rings (SSSR count). The molecule has 1 saturated heterocycles. The van der Waals surface area contributed by atoms with Crippen LogP contribution >= 0.6 is 0 Å². The number of carbonyl (C=O) groups is 3. The second-order valence-corrected chi connectivity index (χ2v) is 9.22. The molecular weight excluding hydrogens is 446 g/mol. The minimum absolute atomic E-state index is 0.0146. The Bertz CT molecular complexity index is 1040. The zero-order chi connectivity index (χ0) is 24.9. The summed E-state index contributed by atoms with van der Waals surface area (Å²) in [6.07, 6.45) is -0.915. The monoisotopic (exact) mass is 479 g/mol. The zero-order valence-corrected chi connectivity index (χ0v) is 20.3. The molecule has 1 fully saturated rings. The maximum Gasteiger partial charge on any atom is 0.407 e. The second kappa shape index (κ2) is 10.9. The highest BCUT2D eigenvalue weighted by atomic mass is 16.5. The molecule has 2 N–H and O–H groups in total. The molecule has 2 aliphatic rings. The lowest BCUT2D eigenvalue weighted by molar-refractivity contribution is -0.138. The number of ether oxygens (including phenoxy) is 1. The molecule has 2 unspecified atom stereocenters. The van der Waals surface area contributed by atoms with Crippen molar-refractivity contribution in [3.05, 3.63) is 59.7 Å². The minimum atomic E-state index is -1.01. The number of carboxylic acid groups (broad SMARTS) is 1. The average molecular weight is 480 g/mol. The van der Waals surface area contributed by atoms with Gasteiger partial charge in [-0.05, 0) is 42.1 Å². The van der Waals surface area contributed by atoms with Crippen molar-refractivity contribution in [1.82, 2.24) is 15.1 Å². The quantitative estimate of drug-likeness (QED) is 0.603. The summed E-state index contributed by atoms with van der Waals surface area (Å²) in [7, 11) is 0. The number of fused-ring (bicyclic) bond motifs is 3. The predicted octanol–water partition coefficient (Wildman–Crippen LogP) is 3.31. The Balaban J connectivity index is 1.41. The molecule has 1 heterocycles. The maximum absolute atomic E-state index is 13.2. The molecule has 2 amide bonds. The van der Waals surface area contributed by atoms with Crippen LogP contribution < -0.4 is 5.32 Å². The fourth-order valence-electron chi connectivity index (χ4n) is 5.19. The Morgan fingerprint density at radius 1 is 1.06 bits per heavy atom. The van der Waals surface area contributed by atoms with Crippen LogP contribution in [0.5, 0.6) is 0 Å². The maximum atomic E-state index is 13.2. The number of amides is 2. The summed E-state index contributed by atoms with van der Waals surface area (Å²) in [6.45, 7) is 7.03. The standard InChI is InChI=1S/C27H33N3O5/c1-3-29-14-15-30(16-18(29)2)26(33)24(12-13-25(31)32)28-27(34)35-17-23-21-10-6-4-8-19(21)20-9-5-7-11-22(20)23/h4-11,18,23-24H,3,12-17H2,1-2H3,(H,28,34)(H,31,32). The van der Waals surface area contributed by atoms with Crippen LogP contribution in [0.3, 0.4) is 0 Å². The first-order valence-electron chi connectivity index (χ1n) is 12.2. The molecule has 8 heteroatoms. The molecule has 35 heavy (non-hydrogen) atoms. The number of alkyl carbamates (subject to hydrolysis) is 1. The summed E-state index contributed by atoms with van der Waals surface area (Å²) in [5.74, 6) is -1.37. The Hall–Kier alpha value is -3.39. The fraction of sp³-hybridized carbons (Fsp3) is 0.444. The summed E-state index contributed by atoms with van der Waals surface area (Å²) in [5.41, 5.74) is 4.46. The van der Waals surface area contributed by atoms with Crippen molar-refractivity contribution in [3.63, 3.8) is 0 Å². The molecule has 1 aliphatic heterocycles. The molecule has 0 bridgehead atoms. The second-order valence-electron chi connectivity index (χ2n) is 9.22. The van der Waals surface area contributed by atoms with E-state index in [0.717, 1.165) is 35.3 Å². The molecule has 0 radical (unpaired) electrons. The number of piperazine rings is 1. The van der Waals surface area contributed by atoms with E-state index >= 15 is 0 Å². The number of nitrogens with one attached hydrogen (secondary N) is 1. The van der Waals surface area contributed by atoms with E-state index in [-0.39, 0.29) is 37.3 Å². The summed E-state index contributed by atoms with van der Waals surface area (Å²) in [4.78, 5) is 41.2. The first kappa shape index (κ1) is 24.7. The number of likely N-dealkylation sites (N-methyl/N-ethyl adjacent to an activating group) is 1. The van der Waals surface area contributed by atoms with Gasteiger partial charge < -0.3 is 20.1 Å². The van der Waals surface area contributed by atoms with Gasteiger partial charge in [0.15, 0.2) is 0 Å². The highest BCUT2D eigenvalue weighted by Gasteiger charge is 2.33. The lowest BCUT2D eigenvalue weighted by atomic mass is 9.98. The average Bonchev–Trinajstić information content (AvgIpc) is 3.18. The van der Waals surface area contributed by atoms with Gasteiger partial charge >= 0.3 is 12.1 Å². The lowest BCUT2D eigenvalue weighted by Crippen LogP contribution is -2.57. The van der Waals surface area contributed by atoms with Gasteiger partial charge in [-0.2, -0.15) is 0 Å². The van der Waals surface area contributed by atoms with Crippen LogP contribution in [0.2, 0.25) is 0 Å². The summed E-state index contributed by atoms with van der Waals surface area (Å²) < 4.78 is 5.59. The largest absolute Gasteiger partial charge is 0.481 e. The van der Waals surface area contributed by atoms with Crippen LogP contribution in [0.25, 0.3) is 11.1 Å². The molecular formula is C27H33N3O5. The van der Waals surface area contributed by atoms with Gasteiger partial charge in [0.1, 0.15) is 12.6 Å². The number of benzene rings is 2. The van der Waals surface area contributed by atoms with Gasteiger partial charge in [-0.3, -0.25) is 14.5 Å². The molecule has 0 spiro atoms. The van der Waals surface area contributed by atoms with Gasteiger partial charge in [0, 0.05) is 38.0 Å². The number of hydrogen-bond donors (Lipinski definition) is 2. The SMILES string of the molecule is CCN1CCN(C(=O)C(CCC(=O)O)NC(=O)OCC2c3ccccc3-c3ccccc32)CC1C. The van der Waals surface area contributed by atoms with E-state index in [0.29, 0.717) is 13.1 Å². The van der Waals surface area contributed by atoms with Crippen molar-refractivity contribution in [2.24, 2.45) is 0 Å². The van der Waals surface area contributed by atoms with E-state index in [1.54, 1.807) is 4.90 Å². The third-order valence-corrected chi connectivity index (χ3v) is 7.06. The van der Waals surface area contributed by atoms with Crippen molar-refractivity contribution in [3.8, 4) is 11.1 Å². The Morgan fingerprint density at radius 3 is 2.26 bits per heavy atom. The number of carboxylic acids is 1. The molecule has 1 aliphatic carbocycles. The summed E-state index contributed by atoms with van der Waals surface area (Å²) in [5, 5.41) is 11.8. The molecule has 8 nitrogen and oxygen atoms in total.